The van der Waals surface area contributed by atoms with Crippen molar-refractivity contribution >= 4 is 0 Å². The van der Waals surface area contributed by atoms with Crippen LogP contribution in [0.4, 0.5) is 0 Å². The summed E-state index contributed by atoms with van der Waals surface area (Å²) < 4.78 is 15.7. The molecule has 1 aromatic rings. The molecule has 0 bridgehead atoms. The van der Waals surface area contributed by atoms with Crippen LogP contribution in [0.3, 0.4) is 0 Å². The maximum atomic E-state index is 9.85. The molecule has 0 radical (unpaired) electrons. The molecule has 5 N–H and O–H groups in total. The van der Waals surface area contributed by atoms with Crippen LogP contribution in [-0.2, 0) is 15.9 Å². The summed E-state index contributed by atoms with van der Waals surface area (Å²) in [5, 5.41) is 47.9. The van der Waals surface area contributed by atoms with E-state index in [2.05, 4.69) is 0 Å². The number of ether oxygens (including phenoxy) is 3. The van der Waals surface area contributed by atoms with E-state index in [-0.39, 0.29) is 12.4 Å². The molecule has 24 heavy (non-hydrogen) atoms. The van der Waals surface area contributed by atoms with Crippen molar-refractivity contribution in [1.82, 2.24) is 0 Å². The van der Waals surface area contributed by atoms with Gasteiger partial charge in [-0.25, -0.2) is 0 Å². The quantitative estimate of drug-likeness (QED) is 0.405. The minimum atomic E-state index is -1.44. The van der Waals surface area contributed by atoms with Crippen molar-refractivity contribution in [1.29, 1.82) is 0 Å². The Morgan fingerprint density at radius 2 is 1.88 bits per heavy atom. The van der Waals surface area contributed by atoms with Crippen molar-refractivity contribution in [2.45, 2.75) is 43.5 Å². The van der Waals surface area contributed by atoms with E-state index in [1.54, 1.807) is 18.2 Å². The molecule has 1 saturated heterocycles. The number of aliphatic hydroxyl groups excluding tert-OH is 4. The number of rotatable bonds is 7. The second-order valence-corrected chi connectivity index (χ2v) is 5.68. The SMILES string of the molecule is COc1cc(CCCOC2OC(CO)C(O)C(O)C2O)ccc1O. The van der Waals surface area contributed by atoms with Crippen LogP contribution < -0.4 is 4.74 Å². The minimum Gasteiger partial charge on any atom is -0.504 e. The molecule has 5 unspecified atom stereocenters. The zero-order valence-electron chi connectivity index (χ0n) is 13.4. The number of hydrogen-bond acceptors (Lipinski definition) is 8. The first-order valence-electron chi connectivity index (χ1n) is 7.76. The van der Waals surface area contributed by atoms with E-state index in [0.29, 0.717) is 18.6 Å². The number of phenolic OH excluding ortho intramolecular Hbond substituents is 1. The molecular formula is C16H24O8. The second-order valence-electron chi connectivity index (χ2n) is 5.68. The Balaban J connectivity index is 1.81. The highest BCUT2D eigenvalue weighted by molar-refractivity contribution is 5.41. The summed E-state index contributed by atoms with van der Waals surface area (Å²) in [4.78, 5) is 0. The Morgan fingerprint density at radius 1 is 1.12 bits per heavy atom. The lowest BCUT2D eigenvalue weighted by molar-refractivity contribution is -0.301. The van der Waals surface area contributed by atoms with Gasteiger partial charge < -0.3 is 39.7 Å². The molecule has 0 aromatic heterocycles. The smallest absolute Gasteiger partial charge is 0.186 e. The zero-order valence-corrected chi connectivity index (χ0v) is 13.4. The highest BCUT2D eigenvalue weighted by Gasteiger charge is 2.43. The third kappa shape index (κ3) is 4.35. The maximum Gasteiger partial charge on any atom is 0.186 e. The van der Waals surface area contributed by atoms with Gasteiger partial charge in [-0.3, -0.25) is 0 Å². The number of benzene rings is 1. The van der Waals surface area contributed by atoms with Gasteiger partial charge in [-0.2, -0.15) is 0 Å². The largest absolute Gasteiger partial charge is 0.504 e. The zero-order chi connectivity index (χ0) is 17.7. The van der Waals surface area contributed by atoms with Crippen LogP contribution in [0.5, 0.6) is 11.5 Å². The number of methoxy groups -OCH3 is 1. The van der Waals surface area contributed by atoms with Crippen LogP contribution in [0.15, 0.2) is 18.2 Å². The standard InChI is InChI=1S/C16H24O8/c1-22-11-7-9(4-5-10(11)18)3-2-6-23-16-15(21)14(20)13(19)12(8-17)24-16/h4-5,7,12-21H,2-3,6,8H2,1H3. The lowest BCUT2D eigenvalue weighted by Gasteiger charge is -2.39. The van der Waals surface area contributed by atoms with Crippen molar-refractivity contribution in [3.8, 4) is 11.5 Å². The Bertz CT molecular complexity index is 521. The van der Waals surface area contributed by atoms with Gasteiger partial charge in [0.2, 0.25) is 0 Å². The van der Waals surface area contributed by atoms with Gasteiger partial charge in [-0.15, -0.1) is 0 Å². The Kier molecular flexibility index (Phi) is 6.79. The van der Waals surface area contributed by atoms with Gasteiger partial charge in [0.25, 0.3) is 0 Å². The summed E-state index contributed by atoms with van der Waals surface area (Å²) in [7, 11) is 1.47. The lowest BCUT2D eigenvalue weighted by atomic mass is 9.99. The summed E-state index contributed by atoms with van der Waals surface area (Å²) in [5.74, 6) is 0.459. The third-order valence-corrected chi connectivity index (χ3v) is 3.98. The molecular weight excluding hydrogens is 320 g/mol. The van der Waals surface area contributed by atoms with E-state index < -0.39 is 37.3 Å². The van der Waals surface area contributed by atoms with Gasteiger partial charge in [0.05, 0.1) is 20.3 Å². The van der Waals surface area contributed by atoms with Crippen molar-refractivity contribution in [3.63, 3.8) is 0 Å². The molecule has 8 heteroatoms. The third-order valence-electron chi connectivity index (χ3n) is 3.98. The number of hydrogen-bond donors (Lipinski definition) is 5. The molecule has 5 atom stereocenters. The van der Waals surface area contributed by atoms with Crippen LogP contribution in [0.2, 0.25) is 0 Å². The van der Waals surface area contributed by atoms with Gasteiger partial charge in [-0.05, 0) is 30.5 Å². The summed E-state index contributed by atoms with van der Waals surface area (Å²) in [6.07, 6.45) is -5.07. The molecule has 1 heterocycles. The van der Waals surface area contributed by atoms with E-state index in [1.807, 2.05) is 0 Å². The fourth-order valence-corrected chi connectivity index (χ4v) is 2.56. The predicted molar refractivity (Wildman–Crippen MR) is 82.7 cm³/mol. The molecule has 0 amide bonds. The average molecular weight is 344 g/mol. The highest BCUT2D eigenvalue weighted by Crippen LogP contribution is 2.27. The van der Waals surface area contributed by atoms with Gasteiger partial charge >= 0.3 is 0 Å². The minimum absolute atomic E-state index is 0.0684. The number of aromatic hydroxyl groups is 1. The van der Waals surface area contributed by atoms with E-state index in [4.69, 9.17) is 19.3 Å². The number of phenols is 1. The summed E-state index contributed by atoms with van der Waals surface area (Å²) >= 11 is 0. The average Bonchev–Trinajstić information content (AvgIpc) is 2.59. The van der Waals surface area contributed by atoms with E-state index in [0.717, 1.165) is 5.56 Å². The molecule has 1 aliphatic rings. The second kappa shape index (κ2) is 8.61. The molecule has 1 fully saturated rings. The first-order chi connectivity index (χ1) is 11.5. The van der Waals surface area contributed by atoms with E-state index in [9.17, 15) is 20.4 Å². The predicted octanol–water partition coefficient (Wildman–Crippen LogP) is -0.850. The van der Waals surface area contributed by atoms with Crippen molar-refractivity contribution in [3.05, 3.63) is 23.8 Å². The Labute approximate surface area is 139 Å². The van der Waals surface area contributed by atoms with Crippen LogP contribution in [0, 0.1) is 0 Å². The summed E-state index contributed by atoms with van der Waals surface area (Å²) in [5.41, 5.74) is 0.946. The molecule has 8 nitrogen and oxygen atoms in total. The van der Waals surface area contributed by atoms with Crippen LogP contribution >= 0.6 is 0 Å². The van der Waals surface area contributed by atoms with Crippen LogP contribution in [0.25, 0.3) is 0 Å². The van der Waals surface area contributed by atoms with Gasteiger partial charge in [0.1, 0.15) is 24.4 Å². The molecule has 0 aliphatic carbocycles. The first-order valence-corrected chi connectivity index (χ1v) is 7.76. The molecule has 1 aliphatic heterocycles. The van der Waals surface area contributed by atoms with Crippen molar-refractivity contribution in [2.24, 2.45) is 0 Å². The fourth-order valence-electron chi connectivity index (χ4n) is 2.56. The maximum absolute atomic E-state index is 9.85. The molecule has 1 aromatic carbocycles. The van der Waals surface area contributed by atoms with Gasteiger partial charge in [0, 0.05) is 0 Å². The molecule has 0 saturated carbocycles. The summed E-state index contributed by atoms with van der Waals surface area (Å²) in [6.45, 7) is -0.246. The topological polar surface area (TPSA) is 129 Å². The lowest BCUT2D eigenvalue weighted by Crippen LogP contribution is -2.59. The number of aryl methyl sites for hydroxylation is 1. The van der Waals surface area contributed by atoms with Crippen molar-refractivity contribution < 1.29 is 39.7 Å². The normalized spacial score (nSPS) is 30.3. The van der Waals surface area contributed by atoms with Crippen LogP contribution in [0.1, 0.15) is 12.0 Å². The highest BCUT2D eigenvalue weighted by atomic mass is 16.7. The Morgan fingerprint density at radius 3 is 2.54 bits per heavy atom. The van der Waals surface area contributed by atoms with Crippen LogP contribution in [-0.4, -0.2) is 76.6 Å². The van der Waals surface area contributed by atoms with Gasteiger partial charge in [0.15, 0.2) is 17.8 Å². The van der Waals surface area contributed by atoms with Gasteiger partial charge in [-0.1, -0.05) is 6.07 Å². The van der Waals surface area contributed by atoms with E-state index >= 15 is 0 Å². The molecule has 2 rings (SSSR count). The summed E-state index contributed by atoms with van der Waals surface area (Å²) in [6, 6.07) is 5.04. The first kappa shape index (κ1) is 18.9. The Hall–Kier alpha value is -1.42. The molecule has 0 spiro atoms. The monoisotopic (exact) mass is 344 g/mol. The molecule has 136 valence electrons. The van der Waals surface area contributed by atoms with E-state index in [1.165, 1.54) is 7.11 Å². The van der Waals surface area contributed by atoms with Crippen molar-refractivity contribution in [2.75, 3.05) is 20.3 Å². The number of aliphatic hydroxyl groups is 4. The fraction of sp³-hybridized carbons (Fsp3) is 0.625.